The zero-order valence-electron chi connectivity index (χ0n) is 52.8. The molecule has 1 amide bonds. The van der Waals surface area contributed by atoms with Crippen LogP contribution in [-0.4, -0.2) is 100 Å². The van der Waals surface area contributed by atoms with Crippen LogP contribution in [0.3, 0.4) is 0 Å². The van der Waals surface area contributed by atoms with Crippen molar-refractivity contribution in [2.45, 2.75) is 378 Å². The highest BCUT2D eigenvalue weighted by Gasteiger charge is 2.44. The van der Waals surface area contributed by atoms with E-state index in [0.717, 1.165) is 57.8 Å². The van der Waals surface area contributed by atoms with Crippen LogP contribution in [0.15, 0.2) is 36.5 Å². The zero-order valence-corrected chi connectivity index (χ0v) is 52.8. The molecule has 0 aliphatic carbocycles. The lowest BCUT2D eigenvalue weighted by molar-refractivity contribution is -0.302. The molecule has 1 heterocycles. The third-order valence-electron chi connectivity index (χ3n) is 16.5. The van der Waals surface area contributed by atoms with Crippen molar-refractivity contribution in [3.63, 3.8) is 0 Å². The number of hydrogen-bond donors (Lipinski definition) is 6. The third kappa shape index (κ3) is 48.8. The normalized spacial score (nSPS) is 18.4. The lowest BCUT2D eigenvalue weighted by Gasteiger charge is -2.40. The number of allylic oxidation sites excluding steroid dienone is 5. The SMILES string of the molecule is CCCCCCCCCC/C=C/CC/C=C/C(O)C(COC1OC(CO)C(O)C(O)C1O)NC(=O)CCCCCCCCCCCCCC/C=C\CCCCCCCCCCCCCCOC(=O)CCCCCCCCCCCCC. The van der Waals surface area contributed by atoms with E-state index < -0.39 is 49.5 Å². The highest BCUT2D eigenvalue weighted by molar-refractivity contribution is 5.76. The van der Waals surface area contributed by atoms with Crippen LogP contribution in [0.4, 0.5) is 0 Å². The van der Waals surface area contributed by atoms with Crippen LogP contribution in [0.2, 0.25) is 0 Å². The Balaban J connectivity index is 2.01. The Morgan fingerprint density at radius 2 is 0.802 bits per heavy atom. The van der Waals surface area contributed by atoms with Crippen molar-refractivity contribution in [2.24, 2.45) is 0 Å². The molecule has 11 heteroatoms. The number of esters is 1. The number of carbonyl (C=O) groups excluding carboxylic acids is 2. The molecule has 0 radical (unpaired) electrons. The monoisotopic (exact) mass is 1150 g/mol. The lowest BCUT2D eigenvalue weighted by Crippen LogP contribution is -2.60. The fourth-order valence-electron chi connectivity index (χ4n) is 11.0. The second-order valence-corrected chi connectivity index (χ2v) is 24.2. The van der Waals surface area contributed by atoms with E-state index in [1.165, 1.54) is 250 Å². The van der Waals surface area contributed by atoms with Gasteiger partial charge in [-0.2, -0.15) is 0 Å². The third-order valence-corrected chi connectivity index (χ3v) is 16.5. The van der Waals surface area contributed by atoms with Crippen molar-refractivity contribution < 1.29 is 49.3 Å². The van der Waals surface area contributed by atoms with Crippen LogP contribution in [-0.2, 0) is 23.8 Å². The van der Waals surface area contributed by atoms with Crippen molar-refractivity contribution in [3.8, 4) is 0 Å². The molecule has 1 rings (SSSR count). The van der Waals surface area contributed by atoms with E-state index in [4.69, 9.17) is 14.2 Å². The predicted molar refractivity (Wildman–Crippen MR) is 338 cm³/mol. The van der Waals surface area contributed by atoms with Crippen molar-refractivity contribution in [1.82, 2.24) is 5.32 Å². The van der Waals surface area contributed by atoms with Crippen LogP contribution in [0.5, 0.6) is 0 Å². The van der Waals surface area contributed by atoms with Crippen molar-refractivity contribution in [2.75, 3.05) is 19.8 Å². The minimum Gasteiger partial charge on any atom is -0.466 e. The van der Waals surface area contributed by atoms with Gasteiger partial charge in [0.05, 0.1) is 32.0 Å². The maximum atomic E-state index is 13.1. The minimum atomic E-state index is -1.58. The Hall–Kier alpha value is -2.12. The van der Waals surface area contributed by atoms with Crippen LogP contribution in [0.1, 0.15) is 335 Å². The Morgan fingerprint density at radius 1 is 0.444 bits per heavy atom. The highest BCUT2D eigenvalue weighted by atomic mass is 16.7. The highest BCUT2D eigenvalue weighted by Crippen LogP contribution is 2.23. The first-order valence-corrected chi connectivity index (χ1v) is 34.8. The number of unbranched alkanes of at least 4 members (excludes halogenated alkanes) is 43. The summed E-state index contributed by atoms with van der Waals surface area (Å²) in [6.45, 7) is 4.35. The topological polar surface area (TPSA) is 175 Å². The standard InChI is InChI=1S/C70H131NO10/c1-3-5-7-9-11-13-15-16-33-37-40-44-48-52-56-63(73)62(61-80-70-69(78)68(77)67(76)64(60-72)81-70)71-65(74)57-53-49-45-41-38-34-31-29-27-25-23-21-19-17-18-20-22-24-26-28-30-32-35-39-43-47-51-55-59-79-66(75)58-54-50-46-42-36-14-12-10-8-6-4-2/h17-18,37,40,52,56,62-64,67-70,72-73,76-78H,3-16,19-36,38-39,41-51,53-55,57-61H2,1-2H3,(H,71,74)/b18-17-,40-37+,56-52+. The Labute approximate surface area is 498 Å². The first-order valence-electron chi connectivity index (χ1n) is 34.8. The first-order chi connectivity index (χ1) is 39.7. The van der Waals surface area contributed by atoms with Gasteiger partial charge in [-0.3, -0.25) is 9.59 Å². The molecule has 476 valence electrons. The van der Waals surface area contributed by atoms with Gasteiger partial charge < -0.3 is 45.1 Å². The summed E-state index contributed by atoms with van der Waals surface area (Å²) in [5.41, 5.74) is 0. The average Bonchev–Trinajstić information content (AvgIpc) is 3.49. The number of amides is 1. The molecule has 0 aromatic carbocycles. The van der Waals surface area contributed by atoms with Gasteiger partial charge in [0.2, 0.25) is 5.91 Å². The molecule has 1 saturated heterocycles. The van der Waals surface area contributed by atoms with Crippen LogP contribution in [0, 0.1) is 0 Å². The summed E-state index contributed by atoms with van der Waals surface area (Å²) in [6.07, 6.45) is 65.5. The molecule has 0 aromatic heterocycles. The van der Waals surface area contributed by atoms with E-state index in [-0.39, 0.29) is 18.5 Å². The van der Waals surface area contributed by atoms with E-state index in [9.17, 15) is 35.1 Å². The molecule has 7 unspecified atom stereocenters. The number of nitrogens with one attached hydrogen (secondary N) is 1. The number of ether oxygens (including phenoxy) is 3. The van der Waals surface area contributed by atoms with Crippen LogP contribution >= 0.6 is 0 Å². The second kappa shape index (κ2) is 59.6. The Kier molecular flexibility index (Phi) is 56.6. The summed E-state index contributed by atoms with van der Waals surface area (Å²) in [5, 5.41) is 54.5. The van der Waals surface area contributed by atoms with Gasteiger partial charge in [0, 0.05) is 12.8 Å². The molecule has 11 nitrogen and oxygen atoms in total. The van der Waals surface area contributed by atoms with E-state index in [1.807, 2.05) is 6.08 Å². The molecule has 81 heavy (non-hydrogen) atoms. The maximum absolute atomic E-state index is 13.1. The molecular weight excluding hydrogens is 1010 g/mol. The smallest absolute Gasteiger partial charge is 0.305 e. The summed E-state index contributed by atoms with van der Waals surface area (Å²) in [6, 6.07) is -0.828. The first kappa shape index (κ1) is 76.9. The Bertz CT molecular complexity index is 1440. The van der Waals surface area contributed by atoms with E-state index in [2.05, 4.69) is 43.5 Å². The van der Waals surface area contributed by atoms with Gasteiger partial charge >= 0.3 is 5.97 Å². The summed E-state index contributed by atoms with van der Waals surface area (Å²) in [4.78, 5) is 25.1. The van der Waals surface area contributed by atoms with E-state index in [0.29, 0.717) is 19.4 Å². The minimum absolute atomic E-state index is 0.00636. The number of carbonyl (C=O) groups is 2. The van der Waals surface area contributed by atoms with Crippen molar-refractivity contribution in [1.29, 1.82) is 0 Å². The molecule has 1 fully saturated rings. The van der Waals surface area contributed by atoms with Gasteiger partial charge in [0.15, 0.2) is 6.29 Å². The van der Waals surface area contributed by atoms with Gasteiger partial charge in [-0.05, 0) is 70.6 Å². The molecule has 1 aliphatic heterocycles. The molecular formula is C70H131NO10. The summed E-state index contributed by atoms with van der Waals surface area (Å²) in [5.74, 6) is -0.184. The number of aliphatic hydroxyl groups is 5. The average molecular weight is 1150 g/mol. The molecule has 6 N–H and O–H groups in total. The van der Waals surface area contributed by atoms with Crippen molar-refractivity contribution in [3.05, 3.63) is 36.5 Å². The van der Waals surface area contributed by atoms with Crippen LogP contribution in [0.25, 0.3) is 0 Å². The number of rotatable bonds is 61. The molecule has 0 spiro atoms. The van der Waals surface area contributed by atoms with Gasteiger partial charge in [-0.1, -0.05) is 288 Å². The molecule has 0 aromatic rings. The molecule has 0 bridgehead atoms. The molecule has 0 saturated carbocycles. The van der Waals surface area contributed by atoms with Crippen molar-refractivity contribution >= 4 is 11.9 Å². The second-order valence-electron chi connectivity index (χ2n) is 24.2. The predicted octanol–water partition coefficient (Wildman–Crippen LogP) is 17.4. The number of aliphatic hydroxyl groups excluding tert-OH is 5. The van der Waals surface area contributed by atoms with E-state index in [1.54, 1.807) is 6.08 Å². The molecule has 1 aliphatic rings. The quantitative estimate of drug-likeness (QED) is 0.0195. The van der Waals surface area contributed by atoms with Gasteiger partial charge in [0.1, 0.15) is 24.4 Å². The fraction of sp³-hybridized carbons (Fsp3) is 0.886. The summed E-state index contributed by atoms with van der Waals surface area (Å²) in [7, 11) is 0. The molecule has 7 atom stereocenters. The number of hydrogen-bond acceptors (Lipinski definition) is 10. The van der Waals surface area contributed by atoms with Gasteiger partial charge in [-0.25, -0.2) is 0 Å². The van der Waals surface area contributed by atoms with Gasteiger partial charge in [-0.15, -0.1) is 0 Å². The lowest BCUT2D eigenvalue weighted by atomic mass is 9.99. The largest absolute Gasteiger partial charge is 0.466 e. The Morgan fingerprint density at radius 3 is 1.22 bits per heavy atom. The summed E-state index contributed by atoms with van der Waals surface area (Å²) >= 11 is 0. The van der Waals surface area contributed by atoms with E-state index >= 15 is 0 Å². The van der Waals surface area contributed by atoms with Gasteiger partial charge in [0.25, 0.3) is 0 Å². The maximum Gasteiger partial charge on any atom is 0.305 e. The van der Waals surface area contributed by atoms with Crippen LogP contribution < -0.4 is 5.32 Å². The fourth-order valence-corrected chi connectivity index (χ4v) is 11.0. The summed E-state index contributed by atoms with van der Waals surface area (Å²) < 4.78 is 16.7. The zero-order chi connectivity index (χ0) is 58.7.